The first-order valence-electron chi connectivity index (χ1n) is 6.61. The quantitative estimate of drug-likeness (QED) is 0.917. The fraction of sp³-hybridized carbons (Fsp3) is 0.357. The van der Waals surface area contributed by atoms with Crippen molar-refractivity contribution in [3.63, 3.8) is 0 Å². The molecule has 5 nitrogen and oxygen atoms in total. The SMILES string of the molecule is CC1(n2nc(-c3ccc(F)cc3)cc2N)CCS(=O)(=O)C1. The van der Waals surface area contributed by atoms with Crippen molar-refractivity contribution in [1.29, 1.82) is 0 Å². The summed E-state index contributed by atoms with van der Waals surface area (Å²) in [5.41, 5.74) is 6.72. The molecule has 2 heterocycles. The molecular weight excluding hydrogens is 293 g/mol. The molecule has 1 aliphatic rings. The maximum Gasteiger partial charge on any atom is 0.152 e. The second-order valence-corrected chi connectivity index (χ2v) is 7.90. The zero-order chi connectivity index (χ0) is 15.3. The van der Waals surface area contributed by atoms with Gasteiger partial charge in [-0.25, -0.2) is 17.5 Å². The van der Waals surface area contributed by atoms with Crippen molar-refractivity contribution in [2.45, 2.75) is 18.9 Å². The minimum atomic E-state index is -3.05. The number of nitrogen functional groups attached to an aromatic ring is 1. The summed E-state index contributed by atoms with van der Waals surface area (Å²) >= 11 is 0. The van der Waals surface area contributed by atoms with Crippen LogP contribution in [0.25, 0.3) is 11.3 Å². The van der Waals surface area contributed by atoms with E-state index in [4.69, 9.17) is 5.73 Å². The van der Waals surface area contributed by atoms with Gasteiger partial charge in [-0.05, 0) is 37.6 Å². The maximum atomic E-state index is 13.0. The molecule has 0 aliphatic carbocycles. The van der Waals surface area contributed by atoms with Gasteiger partial charge in [0.15, 0.2) is 9.84 Å². The molecule has 1 unspecified atom stereocenters. The van der Waals surface area contributed by atoms with Crippen molar-refractivity contribution in [2.24, 2.45) is 0 Å². The lowest BCUT2D eigenvalue weighted by Gasteiger charge is -2.24. The minimum absolute atomic E-state index is 0.0364. The molecule has 0 spiro atoms. The summed E-state index contributed by atoms with van der Waals surface area (Å²) in [5, 5.41) is 4.43. The summed E-state index contributed by atoms with van der Waals surface area (Å²) in [6.07, 6.45) is 0.490. The standard InChI is InChI=1S/C14H16FN3O2S/c1-14(6-7-21(19,20)9-14)18-13(16)8-12(17-18)10-2-4-11(15)5-3-10/h2-5,8H,6-7,9,16H2,1H3. The van der Waals surface area contributed by atoms with Crippen LogP contribution in [0.1, 0.15) is 13.3 Å². The van der Waals surface area contributed by atoms with E-state index in [1.807, 2.05) is 6.92 Å². The molecule has 1 saturated heterocycles. The van der Waals surface area contributed by atoms with Crippen LogP contribution in [0, 0.1) is 5.82 Å². The van der Waals surface area contributed by atoms with E-state index in [1.165, 1.54) is 12.1 Å². The third kappa shape index (κ3) is 2.53. The summed E-state index contributed by atoms with van der Waals surface area (Å²) in [5.74, 6) is 0.276. The molecule has 0 saturated carbocycles. The highest BCUT2D eigenvalue weighted by Gasteiger charge is 2.41. The van der Waals surface area contributed by atoms with Crippen LogP contribution < -0.4 is 5.73 Å². The Bertz CT molecular complexity index is 783. The molecule has 2 aromatic rings. The van der Waals surface area contributed by atoms with E-state index < -0.39 is 15.4 Å². The van der Waals surface area contributed by atoms with Gasteiger partial charge in [-0.2, -0.15) is 5.10 Å². The highest BCUT2D eigenvalue weighted by atomic mass is 32.2. The van der Waals surface area contributed by atoms with Crippen molar-refractivity contribution >= 4 is 15.7 Å². The Morgan fingerprint density at radius 1 is 1.33 bits per heavy atom. The predicted octanol–water partition coefficient (Wildman–Crippen LogP) is 1.81. The highest BCUT2D eigenvalue weighted by Crippen LogP contribution is 2.34. The summed E-state index contributed by atoms with van der Waals surface area (Å²) in [6.45, 7) is 1.84. The average molecular weight is 309 g/mol. The van der Waals surface area contributed by atoms with Crippen LogP contribution in [0.3, 0.4) is 0 Å². The van der Waals surface area contributed by atoms with Crippen LogP contribution in [0.4, 0.5) is 10.2 Å². The van der Waals surface area contributed by atoms with Gasteiger partial charge >= 0.3 is 0 Å². The van der Waals surface area contributed by atoms with Gasteiger partial charge in [-0.1, -0.05) is 0 Å². The molecular formula is C14H16FN3O2S. The number of anilines is 1. The Morgan fingerprint density at radius 3 is 2.57 bits per heavy atom. The lowest BCUT2D eigenvalue weighted by Crippen LogP contribution is -2.33. The third-order valence-corrected chi connectivity index (χ3v) is 5.76. The zero-order valence-corrected chi connectivity index (χ0v) is 12.4. The molecule has 21 heavy (non-hydrogen) atoms. The molecule has 112 valence electrons. The first-order valence-corrected chi connectivity index (χ1v) is 8.44. The van der Waals surface area contributed by atoms with Crippen molar-refractivity contribution in [3.05, 3.63) is 36.1 Å². The predicted molar refractivity (Wildman–Crippen MR) is 79.0 cm³/mol. The highest BCUT2D eigenvalue weighted by molar-refractivity contribution is 7.91. The van der Waals surface area contributed by atoms with Crippen molar-refractivity contribution in [1.82, 2.24) is 9.78 Å². The second-order valence-electron chi connectivity index (χ2n) is 5.71. The fourth-order valence-corrected chi connectivity index (χ4v) is 4.86. The monoisotopic (exact) mass is 309 g/mol. The molecule has 1 fully saturated rings. The lowest BCUT2D eigenvalue weighted by atomic mass is 10.0. The van der Waals surface area contributed by atoms with E-state index in [2.05, 4.69) is 5.10 Å². The largest absolute Gasteiger partial charge is 0.384 e. The summed E-state index contributed by atoms with van der Waals surface area (Å²) < 4.78 is 38.0. The van der Waals surface area contributed by atoms with E-state index >= 15 is 0 Å². The number of nitrogens with two attached hydrogens (primary N) is 1. The topological polar surface area (TPSA) is 78.0 Å². The molecule has 1 aromatic carbocycles. The number of halogens is 1. The van der Waals surface area contributed by atoms with Crippen LogP contribution in [-0.2, 0) is 15.4 Å². The number of rotatable bonds is 2. The summed E-state index contributed by atoms with van der Waals surface area (Å²) in [6, 6.07) is 7.63. The lowest BCUT2D eigenvalue weighted by molar-refractivity contribution is 0.335. The number of benzene rings is 1. The van der Waals surface area contributed by atoms with Crippen LogP contribution in [0.15, 0.2) is 30.3 Å². The van der Waals surface area contributed by atoms with E-state index in [0.29, 0.717) is 17.9 Å². The molecule has 1 atom stereocenters. The number of hydrogen-bond donors (Lipinski definition) is 1. The molecule has 7 heteroatoms. The molecule has 0 amide bonds. The Balaban J connectivity index is 2.01. The molecule has 3 rings (SSSR count). The first-order chi connectivity index (χ1) is 9.79. The Kier molecular flexibility index (Phi) is 3.05. The van der Waals surface area contributed by atoms with Gasteiger partial charge in [0.2, 0.25) is 0 Å². The Labute approximate surface area is 122 Å². The second kappa shape index (κ2) is 4.56. The Hall–Kier alpha value is -1.89. The van der Waals surface area contributed by atoms with Crippen LogP contribution >= 0.6 is 0 Å². The minimum Gasteiger partial charge on any atom is -0.384 e. The Morgan fingerprint density at radius 2 is 2.00 bits per heavy atom. The normalized spacial score (nSPS) is 24.3. The molecule has 1 aromatic heterocycles. The number of hydrogen-bond acceptors (Lipinski definition) is 4. The maximum absolute atomic E-state index is 13.0. The summed E-state index contributed by atoms with van der Waals surface area (Å²) in [7, 11) is -3.05. The number of sulfone groups is 1. The zero-order valence-electron chi connectivity index (χ0n) is 11.6. The molecule has 0 bridgehead atoms. The van der Waals surface area contributed by atoms with E-state index in [-0.39, 0.29) is 17.3 Å². The van der Waals surface area contributed by atoms with E-state index in [0.717, 1.165) is 5.56 Å². The summed E-state index contributed by atoms with van der Waals surface area (Å²) in [4.78, 5) is 0. The van der Waals surface area contributed by atoms with Gasteiger partial charge in [-0.3, -0.25) is 0 Å². The van der Waals surface area contributed by atoms with Gasteiger partial charge in [0, 0.05) is 11.6 Å². The van der Waals surface area contributed by atoms with Gasteiger partial charge in [0.25, 0.3) is 0 Å². The van der Waals surface area contributed by atoms with Gasteiger partial charge in [-0.15, -0.1) is 0 Å². The molecule has 1 aliphatic heterocycles. The smallest absolute Gasteiger partial charge is 0.152 e. The van der Waals surface area contributed by atoms with Crippen LogP contribution in [0.5, 0.6) is 0 Å². The molecule has 0 radical (unpaired) electrons. The number of nitrogens with zero attached hydrogens (tertiary/aromatic N) is 2. The first kappa shape index (κ1) is 14.1. The van der Waals surface area contributed by atoms with Crippen molar-refractivity contribution < 1.29 is 12.8 Å². The number of aromatic nitrogens is 2. The van der Waals surface area contributed by atoms with Crippen molar-refractivity contribution in [2.75, 3.05) is 17.2 Å². The average Bonchev–Trinajstić information content (AvgIpc) is 2.92. The van der Waals surface area contributed by atoms with E-state index in [1.54, 1.807) is 22.9 Å². The van der Waals surface area contributed by atoms with Gasteiger partial charge < -0.3 is 5.73 Å². The van der Waals surface area contributed by atoms with Crippen molar-refractivity contribution in [3.8, 4) is 11.3 Å². The van der Waals surface area contributed by atoms with Gasteiger partial charge in [0.1, 0.15) is 11.6 Å². The third-order valence-electron chi connectivity index (χ3n) is 3.87. The van der Waals surface area contributed by atoms with Gasteiger partial charge in [0.05, 0.1) is 22.7 Å². The fourth-order valence-electron chi connectivity index (χ4n) is 2.75. The molecule has 2 N–H and O–H groups in total. The van der Waals surface area contributed by atoms with E-state index in [9.17, 15) is 12.8 Å². The van der Waals surface area contributed by atoms with Crippen LogP contribution in [0.2, 0.25) is 0 Å². The van der Waals surface area contributed by atoms with Crippen LogP contribution in [-0.4, -0.2) is 29.7 Å².